The Morgan fingerprint density at radius 2 is 1.96 bits per heavy atom. The minimum absolute atomic E-state index is 0.298. The second kappa shape index (κ2) is 7.92. The highest BCUT2D eigenvalue weighted by Crippen LogP contribution is 2.32. The van der Waals surface area contributed by atoms with Gasteiger partial charge < -0.3 is 9.47 Å². The van der Waals surface area contributed by atoms with Gasteiger partial charge in [0.2, 0.25) is 5.13 Å². The van der Waals surface area contributed by atoms with Crippen LogP contribution in [0.4, 0.5) is 5.13 Å². The second-order valence-corrected chi connectivity index (χ2v) is 5.96. The van der Waals surface area contributed by atoms with Crippen LogP contribution in [-0.4, -0.2) is 30.3 Å². The smallest absolute Gasteiger partial charge is 0.261 e. The number of rotatable bonds is 7. The summed E-state index contributed by atoms with van der Waals surface area (Å²) < 4.78 is 10.5. The molecule has 0 unspecified atom stereocenters. The lowest BCUT2D eigenvalue weighted by Gasteiger charge is -2.11. The SMILES string of the molecule is CCC(CC)c1nnc(NC(=O)c2cccc(OC)c2OC)s1. The number of hydrogen-bond acceptors (Lipinski definition) is 6. The third-order valence-electron chi connectivity index (χ3n) is 3.64. The second-order valence-electron chi connectivity index (χ2n) is 4.95. The van der Waals surface area contributed by atoms with E-state index >= 15 is 0 Å². The van der Waals surface area contributed by atoms with E-state index in [1.165, 1.54) is 25.6 Å². The van der Waals surface area contributed by atoms with Crippen molar-refractivity contribution in [1.82, 2.24) is 10.2 Å². The Morgan fingerprint density at radius 1 is 1.22 bits per heavy atom. The lowest BCUT2D eigenvalue weighted by atomic mass is 10.1. The average Bonchev–Trinajstić information content (AvgIpc) is 3.03. The van der Waals surface area contributed by atoms with E-state index in [0.717, 1.165) is 17.8 Å². The van der Waals surface area contributed by atoms with Crippen molar-refractivity contribution in [2.75, 3.05) is 19.5 Å². The average molecular weight is 335 g/mol. The monoisotopic (exact) mass is 335 g/mol. The lowest BCUT2D eigenvalue weighted by Crippen LogP contribution is -2.13. The van der Waals surface area contributed by atoms with Gasteiger partial charge in [-0.05, 0) is 25.0 Å². The Balaban J connectivity index is 2.20. The molecule has 124 valence electrons. The fourth-order valence-corrected chi connectivity index (χ4v) is 3.32. The summed E-state index contributed by atoms with van der Waals surface area (Å²) >= 11 is 1.41. The predicted molar refractivity (Wildman–Crippen MR) is 90.7 cm³/mol. The number of carbonyl (C=O) groups is 1. The highest BCUT2D eigenvalue weighted by molar-refractivity contribution is 7.15. The van der Waals surface area contributed by atoms with Crippen LogP contribution in [0.15, 0.2) is 18.2 Å². The number of carbonyl (C=O) groups excluding carboxylic acids is 1. The number of aromatic nitrogens is 2. The van der Waals surface area contributed by atoms with E-state index in [2.05, 4.69) is 29.4 Å². The van der Waals surface area contributed by atoms with E-state index in [4.69, 9.17) is 9.47 Å². The molecular formula is C16H21N3O3S. The zero-order valence-corrected chi connectivity index (χ0v) is 14.6. The molecule has 0 aliphatic rings. The normalized spacial score (nSPS) is 10.7. The van der Waals surface area contributed by atoms with Crippen LogP contribution in [0.5, 0.6) is 11.5 Å². The van der Waals surface area contributed by atoms with Crippen molar-refractivity contribution in [3.63, 3.8) is 0 Å². The first kappa shape index (κ1) is 17.2. The van der Waals surface area contributed by atoms with Crippen LogP contribution in [0.2, 0.25) is 0 Å². The summed E-state index contributed by atoms with van der Waals surface area (Å²) in [4.78, 5) is 12.5. The summed E-state index contributed by atoms with van der Waals surface area (Å²) in [5.74, 6) is 0.991. The van der Waals surface area contributed by atoms with Crippen molar-refractivity contribution in [3.8, 4) is 11.5 Å². The summed E-state index contributed by atoms with van der Waals surface area (Å²) in [6.45, 7) is 4.24. The molecule has 2 rings (SSSR count). The molecule has 1 amide bonds. The number of anilines is 1. The van der Waals surface area contributed by atoms with Gasteiger partial charge in [0, 0.05) is 5.92 Å². The highest BCUT2D eigenvalue weighted by Gasteiger charge is 2.19. The van der Waals surface area contributed by atoms with Crippen molar-refractivity contribution in [2.24, 2.45) is 0 Å². The molecule has 6 nitrogen and oxygen atoms in total. The van der Waals surface area contributed by atoms with Gasteiger partial charge in [0.15, 0.2) is 11.5 Å². The molecule has 0 fully saturated rings. The standard InChI is InChI=1S/C16H21N3O3S/c1-5-10(6-2)15-18-19-16(23-15)17-14(20)11-8-7-9-12(21-3)13(11)22-4/h7-10H,5-6H2,1-4H3,(H,17,19,20). The zero-order valence-electron chi connectivity index (χ0n) is 13.8. The largest absolute Gasteiger partial charge is 0.493 e. The molecule has 0 saturated heterocycles. The first-order valence-corrected chi connectivity index (χ1v) is 8.31. The van der Waals surface area contributed by atoms with Gasteiger partial charge >= 0.3 is 0 Å². The number of nitrogens with zero attached hydrogens (tertiary/aromatic N) is 2. The summed E-state index contributed by atoms with van der Waals surface area (Å²) in [7, 11) is 3.04. The topological polar surface area (TPSA) is 73.3 Å². The number of benzene rings is 1. The molecule has 2 aromatic rings. The first-order chi connectivity index (χ1) is 11.1. The molecular weight excluding hydrogens is 314 g/mol. The van der Waals surface area contributed by atoms with Crippen LogP contribution in [0.3, 0.4) is 0 Å². The van der Waals surface area contributed by atoms with Gasteiger partial charge in [-0.2, -0.15) is 0 Å². The van der Waals surface area contributed by atoms with Gasteiger partial charge in [-0.3, -0.25) is 10.1 Å². The maximum absolute atomic E-state index is 12.5. The summed E-state index contributed by atoms with van der Waals surface area (Å²) in [5, 5.41) is 12.5. The third kappa shape index (κ3) is 3.79. The van der Waals surface area contributed by atoms with E-state index in [9.17, 15) is 4.79 Å². The quantitative estimate of drug-likeness (QED) is 0.835. The molecule has 7 heteroatoms. The van der Waals surface area contributed by atoms with Crippen molar-refractivity contribution in [3.05, 3.63) is 28.8 Å². The minimum Gasteiger partial charge on any atom is -0.493 e. The maximum Gasteiger partial charge on any atom is 0.261 e. The summed E-state index contributed by atoms with van der Waals surface area (Å²) in [6.07, 6.45) is 2.01. The number of nitrogens with one attached hydrogen (secondary N) is 1. The number of methoxy groups -OCH3 is 2. The summed E-state index contributed by atoms with van der Waals surface area (Å²) in [5.41, 5.74) is 0.395. The van der Waals surface area contributed by atoms with Gasteiger partial charge in [0.1, 0.15) is 5.01 Å². The molecule has 0 radical (unpaired) electrons. The van der Waals surface area contributed by atoms with Gasteiger partial charge in [-0.15, -0.1) is 10.2 Å². The van der Waals surface area contributed by atoms with Crippen LogP contribution in [0, 0.1) is 0 Å². The molecule has 0 aliphatic carbocycles. The molecule has 1 aromatic carbocycles. The van der Waals surface area contributed by atoms with E-state index in [1.54, 1.807) is 18.2 Å². The molecule has 0 atom stereocenters. The number of para-hydroxylation sites is 1. The molecule has 0 bridgehead atoms. The van der Waals surface area contributed by atoms with Crippen molar-refractivity contribution in [2.45, 2.75) is 32.6 Å². The Hall–Kier alpha value is -2.15. The number of amides is 1. The first-order valence-electron chi connectivity index (χ1n) is 7.50. The van der Waals surface area contributed by atoms with Gasteiger partial charge in [0.05, 0.1) is 19.8 Å². The molecule has 0 saturated carbocycles. The van der Waals surface area contributed by atoms with Gasteiger partial charge in [-0.25, -0.2) is 0 Å². The number of ether oxygens (including phenoxy) is 2. The van der Waals surface area contributed by atoms with Crippen molar-refractivity contribution >= 4 is 22.4 Å². The van der Waals surface area contributed by atoms with E-state index in [0.29, 0.717) is 28.1 Å². The maximum atomic E-state index is 12.5. The predicted octanol–water partition coefficient (Wildman–Crippen LogP) is 3.71. The Kier molecular flexibility index (Phi) is 5.92. The minimum atomic E-state index is -0.298. The third-order valence-corrected chi connectivity index (χ3v) is 4.64. The molecule has 1 N–H and O–H groups in total. The molecule has 1 aromatic heterocycles. The van der Waals surface area contributed by atoms with Crippen LogP contribution in [0.1, 0.15) is 48.0 Å². The van der Waals surface area contributed by atoms with Crippen LogP contribution < -0.4 is 14.8 Å². The van der Waals surface area contributed by atoms with E-state index in [-0.39, 0.29) is 5.91 Å². The zero-order chi connectivity index (χ0) is 16.8. The molecule has 1 heterocycles. The van der Waals surface area contributed by atoms with E-state index < -0.39 is 0 Å². The van der Waals surface area contributed by atoms with Gasteiger partial charge in [0.25, 0.3) is 5.91 Å². The van der Waals surface area contributed by atoms with Gasteiger partial charge in [-0.1, -0.05) is 31.3 Å². The van der Waals surface area contributed by atoms with E-state index in [1.807, 2.05) is 0 Å². The van der Waals surface area contributed by atoms with Crippen LogP contribution >= 0.6 is 11.3 Å². The molecule has 23 heavy (non-hydrogen) atoms. The number of hydrogen-bond donors (Lipinski definition) is 1. The Morgan fingerprint density at radius 3 is 2.57 bits per heavy atom. The molecule has 0 spiro atoms. The molecule has 0 aliphatic heterocycles. The fourth-order valence-electron chi connectivity index (χ4n) is 2.32. The van der Waals surface area contributed by atoms with Crippen LogP contribution in [0.25, 0.3) is 0 Å². The highest BCUT2D eigenvalue weighted by atomic mass is 32.1. The fraction of sp³-hybridized carbons (Fsp3) is 0.438. The van der Waals surface area contributed by atoms with Crippen molar-refractivity contribution < 1.29 is 14.3 Å². The van der Waals surface area contributed by atoms with Crippen molar-refractivity contribution in [1.29, 1.82) is 0 Å². The summed E-state index contributed by atoms with van der Waals surface area (Å²) in [6, 6.07) is 5.16. The Bertz CT molecular complexity index is 668. The lowest BCUT2D eigenvalue weighted by molar-refractivity contribution is 0.102. The van der Waals surface area contributed by atoms with Crippen LogP contribution in [-0.2, 0) is 0 Å². The Labute approximate surface area is 139 Å².